The predicted octanol–water partition coefficient (Wildman–Crippen LogP) is 2.19. The van der Waals surface area contributed by atoms with Crippen molar-refractivity contribution in [3.05, 3.63) is 4.91 Å². The van der Waals surface area contributed by atoms with E-state index in [4.69, 9.17) is 5.11 Å². The highest BCUT2D eigenvalue weighted by atomic mass is 32.2. The number of hydrogen-bond acceptors (Lipinski definition) is 5. The first-order valence-corrected chi connectivity index (χ1v) is 7.16. The maximum Gasteiger partial charge on any atom is 0.307 e. The summed E-state index contributed by atoms with van der Waals surface area (Å²) in [4.78, 5) is 33.4. The fourth-order valence-electron chi connectivity index (χ4n) is 2.30. The number of carbonyl (C=O) groups excluding carboxylic acids is 1. The highest BCUT2D eigenvalue weighted by Crippen LogP contribution is 2.31. The molecule has 0 unspecified atom stereocenters. The van der Waals surface area contributed by atoms with Crippen LogP contribution in [0.2, 0.25) is 0 Å². The Bertz CT molecular complexity index is 360. The quantitative estimate of drug-likeness (QED) is 0.577. The lowest BCUT2D eigenvalue weighted by Crippen LogP contribution is -2.43. The average molecular weight is 288 g/mol. The molecule has 0 aromatic heterocycles. The van der Waals surface area contributed by atoms with Gasteiger partial charge >= 0.3 is 5.97 Å². The molecule has 1 aliphatic rings. The van der Waals surface area contributed by atoms with E-state index in [1.54, 1.807) is 13.8 Å². The number of nitroso groups, excluding NO2 is 1. The molecule has 19 heavy (non-hydrogen) atoms. The number of carboxylic acid groups (broad SMARTS) is 1. The zero-order chi connectivity index (χ0) is 14.5. The van der Waals surface area contributed by atoms with Crippen LogP contribution in [-0.4, -0.2) is 28.3 Å². The summed E-state index contributed by atoms with van der Waals surface area (Å²) in [5.41, 5.74) is 0. The van der Waals surface area contributed by atoms with Crippen molar-refractivity contribution in [2.24, 2.45) is 16.4 Å². The van der Waals surface area contributed by atoms with Crippen LogP contribution in [0.15, 0.2) is 4.58 Å². The second kappa shape index (κ2) is 6.88. The van der Waals surface area contributed by atoms with Crippen molar-refractivity contribution in [3.63, 3.8) is 0 Å². The molecule has 0 spiro atoms. The first kappa shape index (κ1) is 15.9. The van der Waals surface area contributed by atoms with Crippen LogP contribution in [0.25, 0.3) is 0 Å². The zero-order valence-electron chi connectivity index (χ0n) is 11.2. The van der Waals surface area contributed by atoms with Gasteiger partial charge in [0.05, 0.1) is 16.6 Å². The summed E-state index contributed by atoms with van der Waals surface area (Å²) in [6.07, 6.45) is 2.91. The van der Waals surface area contributed by atoms with Crippen molar-refractivity contribution in [1.29, 1.82) is 0 Å². The summed E-state index contributed by atoms with van der Waals surface area (Å²) in [5.74, 6) is -2.18. The van der Waals surface area contributed by atoms with Gasteiger partial charge in [-0.2, -0.15) is 0 Å². The van der Waals surface area contributed by atoms with Crippen LogP contribution in [0.4, 0.5) is 0 Å². The predicted molar refractivity (Wildman–Crippen MR) is 73.6 cm³/mol. The van der Waals surface area contributed by atoms with E-state index in [0.29, 0.717) is 19.4 Å². The van der Waals surface area contributed by atoms with Crippen LogP contribution in [0.3, 0.4) is 0 Å². The van der Waals surface area contributed by atoms with Gasteiger partial charge in [0.25, 0.3) is 0 Å². The lowest BCUT2D eigenvalue weighted by Gasteiger charge is -2.29. The minimum Gasteiger partial charge on any atom is -0.481 e. The minimum atomic E-state index is -0.900. The highest BCUT2D eigenvalue weighted by molar-refractivity contribution is 7.99. The lowest BCUT2D eigenvalue weighted by atomic mass is 9.78. The summed E-state index contributed by atoms with van der Waals surface area (Å²) < 4.78 is 2.28. The Hall–Kier alpha value is -1.11. The third-order valence-corrected chi connectivity index (χ3v) is 4.11. The smallest absolute Gasteiger partial charge is 0.307 e. The van der Waals surface area contributed by atoms with Gasteiger partial charge in [-0.25, -0.2) is 0 Å². The second-order valence-electron chi connectivity index (χ2n) is 5.48. The molecule has 0 radical (unpaired) electrons. The molecule has 0 heterocycles. The lowest BCUT2D eigenvalue weighted by molar-refractivity contribution is -0.148. The molecule has 1 fully saturated rings. The van der Waals surface area contributed by atoms with Gasteiger partial charge in [-0.15, -0.1) is 4.91 Å². The normalized spacial score (nSPS) is 23.7. The summed E-state index contributed by atoms with van der Waals surface area (Å²) in [7, 11) is 0. The number of carboxylic acids is 1. The topological polar surface area (TPSA) is 95.8 Å². The van der Waals surface area contributed by atoms with Crippen molar-refractivity contribution < 1.29 is 14.7 Å². The Kier molecular flexibility index (Phi) is 5.78. The minimum absolute atomic E-state index is 0.230. The van der Waals surface area contributed by atoms with Gasteiger partial charge in [0.2, 0.25) is 5.91 Å². The molecular weight excluding hydrogens is 268 g/mol. The van der Waals surface area contributed by atoms with E-state index in [-0.39, 0.29) is 5.91 Å². The molecule has 1 saturated carbocycles. The third kappa shape index (κ3) is 4.81. The fraction of sp³-hybridized carbons (Fsp3) is 0.833. The monoisotopic (exact) mass is 288 g/mol. The number of nitrogens with zero attached hydrogens (tertiary/aromatic N) is 1. The van der Waals surface area contributed by atoms with Gasteiger partial charge in [0.1, 0.15) is 0 Å². The van der Waals surface area contributed by atoms with Gasteiger partial charge in [-0.1, -0.05) is 12.8 Å². The van der Waals surface area contributed by atoms with Gasteiger partial charge in [0.15, 0.2) is 0 Å². The largest absolute Gasteiger partial charge is 0.481 e. The van der Waals surface area contributed by atoms with Crippen LogP contribution in [0.1, 0.15) is 39.5 Å². The Morgan fingerprint density at radius 3 is 2.42 bits per heavy atom. The zero-order valence-corrected chi connectivity index (χ0v) is 12.0. The van der Waals surface area contributed by atoms with Crippen molar-refractivity contribution in [3.8, 4) is 0 Å². The molecule has 1 aliphatic carbocycles. The van der Waals surface area contributed by atoms with Crippen molar-refractivity contribution in [1.82, 2.24) is 5.32 Å². The molecule has 7 heteroatoms. The van der Waals surface area contributed by atoms with E-state index < -0.39 is 22.6 Å². The average Bonchev–Trinajstić information content (AvgIpc) is 2.36. The van der Waals surface area contributed by atoms with E-state index in [1.165, 1.54) is 0 Å². The van der Waals surface area contributed by atoms with Gasteiger partial charge in [-0.3, -0.25) is 9.59 Å². The van der Waals surface area contributed by atoms with E-state index in [9.17, 15) is 14.5 Å². The Morgan fingerprint density at radius 2 is 1.89 bits per heavy atom. The van der Waals surface area contributed by atoms with E-state index in [1.807, 2.05) is 0 Å². The molecule has 0 bridgehead atoms. The maximum absolute atomic E-state index is 12.1. The van der Waals surface area contributed by atoms with Crippen LogP contribution in [0.5, 0.6) is 0 Å². The molecule has 0 aromatic carbocycles. The summed E-state index contributed by atoms with van der Waals surface area (Å²) >= 11 is 0.868. The van der Waals surface area contributed by atoms with Crippen molar-refractivity contribution in [2.45, 2.75) is 44.3 Å². The standard InChI is InChI=1S/C12H20N2O4S/c1-12(2,19-14-18)7-13-10(15)8-5-3-4-6-9(8)11(16)17/h8-9H,3-7H2,1-2H3,(H,13,15)(H,16,17)/t8-,9-/m1/s1. The molecule has 2 atom stereocenters. The highest BCUT2D eigenvalue weighted by Gasteiger charge is 2.36. The molecule has 0 aliphatic heterocycles. The Morgan fingerprint density at radius 1 is 1.32 bits per heavy atom. The van der Waals surface area contributed by atoms with Crippen LogP contribution in [0, 0.1) is 16.7 Å². The first-order chi connectivity index (χ1) is 8.87. The molecule has 0 aromatic rings. The molecule has 108 valence electrons. The number of nitrogens with one attached hydrogen (secondary N) is 1. The Labute approximate surface area is 116 Å². The summed E-state index contributed by atoms with van der Waals surface area (Å²) in [6.45, 7) is 3.90. The SMILES string of the molecule is CC(C)(CNC(=O)[C@@H]1CCCC[C@H]1C(=O)O)SN=O. The fourth-order valence-corrected chi connectivity index (χ4v) is 2.64. The molecule has 0 saturated heterocycles. The van der Waals surface area contributed by atoms with Crippen molar-refractivity contribution in [2.75, 3.05) is 6.54 Å². The second-order valence-corrected chi connectivity index (χ2v) is 6.92. The number of rotatable bonds is 6. The number of aliphatic carboxylic acids is 1. The van der Waals surface area contributed by atoms with Gasteiger partial charge in [0, 0.05) is 23.1 Å². The molecular formula is C12H20N2O4S. The van der Waals surface area contributed by atoms with Gasteiger partial charge < -0.3 is 10.4 Å². The molecule has 1 amide bonds. The molecule has 1 rings (SSSR count). The number of amides is 1. The number of carbonyl (C=O) groups is 2. The van der Waals surface area contributed by atoms with E-state index >= 15 is 0 Å². The van der Waals surface area contributed by atoms with E-state index in [0.717, 1.165) is 24.8 Å². The molecule has 2 N–H and O–H groups in total. The first-order valence-electron chi connectivity index (χ1n) is 6.39. The third-order valence-electron chi connectivity index (χ3n) is 3.39. The van der Waals surface area contributed by atoms with Gasteiger partial charge in [-0.05, 0) is 26.7 Å². The van der Waals surface area contributed by atoms with Crippen LogP contribution >= 0.6 is 11.9 Å². The summed E-state index contributed by atoms with van der Waals surface area (Å²) in [6, 6.07) is 0. The maximum atomic E-state index is 12.1. The number of hydrogen-bond donors (Lipinski definition) is 2. The van der Waals surface area contributed by atoms with Crippen LogP contribution < -0.4 is 5.32 Å². The van der Waals surface area contributed by atoms with E-state index in [2.05, 4.69) is 9.90 Å². The molecule has 6 nitrogen and oxygen atoms in total. The van der Waals surface area contributed by atoms with Crippen LogP contribution in [-0.2, 0) is 9.59 Å². The summed E-state index contributed by atoms with van der Waals surface area (Å²) in [5, 5.41) is 11.9. The van der Waals surface area contributed by atoms with Crippen molar-refractivity contribution >= 4 is 23.8 Å². The Balaban J connectivity index is 2.56.